The van der Waals surface area contributed by atoms with E-state index in [1.54, 1.807) is 14.2 Å². The molecule has 4 rings (SSSR count). The van der Waals surface area contributed by atoms with Crippen molar-refractivity contribution in [2.45, 2.75) is 23.1 Å². The summed E-state index contributed by atoms with van der Waals surface area (Å²) in [7, 11) is 3.21. The Morgan fingerprint density at radius 3 is 1.47 bits per heavy atom. The number of ether oxygens (including phenoxy) is 2. The van der Waals surface area contributed by atoms with E-state index in [1.807, 2.05) is 72.8 Å². The molecule has 38 heavy (non-hydrogen) atoms. The van der Waals surface area contributed by atoms with Gasteiger partial charge in [0.25, 0.3) is 0 Å². The average Bonchev–Trinajstić information content (AvgIpc) is 2.96. The number of nitrogens with zero attached hydrogens (tertiary/aromatic N) is 2. The molecule has 1 aromatic heterocycles. The Hall–Kier alpha value is -3.76. The predicted molar refractivity (Wildman–Crippen MR) is 151 cm³/mol. The molecule has 196 valence electrons. The van der Waals surface area contributed by atoms with E-state index >= 15 is 0 Å². The summed E-state index contributed by atoms with van der Waals surface area (Å²) in [6.45, 7) is 0.724. The fraction of sp³-hybridized carbons (Fsp3) is 0.214. The van der Waals surface area contributed by atoms with Crippen molar-refractivity contribution in [1.29, 1.82) is 0 Å². The molecule has 0 unspecified atom stereocenters. The smallest absolute Gasteiger partial charge is 0.230 e. The minimum absolute atomic E-state index is 0.138. The van der Waals surface area contributed by atoms with Crippen LogP contribution in [0.1, 0.15) is 11.1 Å². The second-order valence-electron chi connectivity index (χ2n) is 8.08. The molecule has 0 aliphatic rings. The molecule has 3 aromatic carbocycles. The fourth-order valence-corrected chi connectivity index (χ4v) is 5.37. The number of hydrogen-bond acceptors (Lipinski definition) is 8. The highest BCUT2D eigenvalue weighted by molar-refractivity contribution is 8.02. The lowest BCUT2D eigenvalue weighted by Gasteiger charge is -2.11. The van der Waals surface area contributed by atoms with Gasteiger partial charge < -0.3 is 20.1 Å². The number of aromatic nitrogens is 2. The summed E-state index contributed by atoms with van der Waals surface area (Å²) in [5.41, 5.74) is 3.26. The lowest BCUT2D eigenvalue weighted by atomic mass is 10.2. The maximum absolute atomic E-state index is 12.6. The van der Waals surface area contributed by atoms with Crippen molar-refractivity contribution in [1.82, 2.24) is 20.6 Å². The van der Waals surface area contributed by atoms with Gasteiger partial charge in [-0.05, 0) is 24.3 Å². The van der Waals surface area contributed by atoms with Gasteiger partial charge in [-0.25, -0.2) is 9.97 Å². The number of para-hydroxylation sites is 4. The zero-order valence-electron chi connectivity index (χ0n) is 21.1. The van der Waals surface area contributed by atoms with Crippen molar-refractivity contribution in [3.63, 3.8) is 0 Å². The molecule has 0 saturated heterocycles. The summed E-state index contributed by atoms with van der Waals surface area (Å²) in [6.07, 6.45) is 0. The van der Waals surface area contributed by atoms with E-state index in [0.29, 0.717) is 23.1 Å². The molecule has 4 aromatic rings. The van der Waals surface area contributed by atoms with Crippen LogP contribution in [0.2, 0.25) is 0 Å². The van der Waals surface area contributed by atoms with Gasteiger partial charge in [0.05, 0.1) is 36.8 Å². The highest BCUT2D eigenvalue weighted by atomic mass is 32.2. The van der Waals surface area contributed by atoms with Crippen LogP contribution in [0, 0.1) is 0 Å². The van der Waals surface area contributed by atoms with Gasteiger partial charge in [-0.15, -0.1) is 0 Å². The van der Waals surface area contributed by atoms with Gasteiger partial charge in [-0.1, -0.05) is 72.1 Å². The quantitative estimate of drug-likeness (QED) is 0.250. The van der Waals surface area contributed by atoms with E-state index in [9.17, 15) is 9.59 Å². The Morgan fingerprint density at radius 1 is 0.658 bits per heavy atom. The third kappa shape index (κ3) is 7.39. The van der Waals surface area contributed by atoms with Gasteiger partial charge in [0.2, 0.25) is 11.8 Å². The van der Waals surface area contributed by atoms with Crippen molar-refractivity contribution < 1.29 is 19.1 Å². The van der Waals surface area contributed by atoms with Crippen LogP contribution in [0.3, 0.4) is 0 Å². The first kappa shape index (κ1) is 27.3. The summed E-state index contributed by atoms with van der Waals surface area (Å²) < 4.78 is 10.7. The minimum Gasteiger partial charge on any atom is -0.496 e. The number of nitrogens with one attached hydrogen (secondary N) is 2. The number of carbonyl (C=O) groups excluding carboxylic acids is 2. The molecule has 0 radical (unpaired) electrons. The van der Waals surface area contributed by atoms with E-state index in [2.05, 4.69) is 10.6 Å². The monoisotopic (exact) mass is 548 g/mol. The van der Waals surface area contributed by atoms with Crippen LogP contribution in [-0.2, 0) is 22.7 Å². The second-order valence-corrected chi connectivity index (χ2v) is 10.0. The Bertz CT molecular complexity index is 1310. The number of amides is 2. The van der Waals surface area contributed by atoms with Crippen LogP contribution in [0.15, 0.2) is 82.8 Å². The number of hydrogen-bond donors (Lipinski definition) is 2. The van der Waals surface area contributed by atoms with E-state index in [0.717, 1.165) is 33.7 Å². The maximum Gasteiger partial charge on any atom is 0.230 e. The number of fused-ring (bicyclic) bond motifs is 1. The third-order valence-electron chi connectivity index (χ3n) is 5.53. The third-order valence-corrected chi connectivity index (χ3v) is 7.58. The Kier molecular flexibility index (Phi) is 9.83. The Balaban J connectivity index is 1.38. The summed E-state index contributed by atoms with van der Waals surface area (Å²) in [5.74, 6) is 1.50. The van der Waals surface area contributed by atoms with Gasteiger partial charge in [0.15, 0.2) is 0 Å². The zero-order chi connectivity index (χ0) is 26.7. The molecule has 2 amide bonds. The molecular formula is C28H28N4O4S2. The highest BCUT2D eigenvalue weighted by Gasteiger charge is 2.15. The van der Waals surface area contributed by atoms with Gasteiger partial charge >= 0.3 is 0 Å². The van der Waals surface area contributed by atoms with Gasteiger partial charge in [0.1, 0.15) is 21.6 Å². The summed E-state index contributed by atoms with van der Waals surface area (Å²) >= 11 is 2.59. The number of benzene rings is 3. The zero-order valence-corrected chi connectivity index (χ0v) is 22.7. The number of carbonyl (C=O) groups is 2. The molecule has 2 N–H and O–H groups in total. The molecule has 10 heteroatoms. The topological polar surface area (TPSA) is 102 Å². The minimum atomic E-state index is -0.138. The average molecular weight is 549 g/mol. The lowest BCUT2D eigenvalue weighted by Crippen LogP contribution is -2.25. The first-order chi connectivity index (χ1) is 18.6. The van der Waals surface area contributed by atoms with Crippen LogP contribution < -0.4 is 20.1 Å². The Morgan fingerprint density at radius 2 is 1.05 bits per heavy atom. The highest BCUT2D eigenvalue weighted by Crippen LogP contribution is 2.30. The lowest BCUT2D eigenvalue weighted by molar-refractivity contribution is -0.119. The van der Waals surface area contributed by atoms with Crippen molar-refractivity contribution >= 4 is 46.4 Å². The molecule has 0 atom stereocenters. The van der Waals surface area contributed by atoms with Crippen LogP contribution in [0.25, 0.3) is 11.0 Å². The summed E-state index contributed by atoms with van der Waals surface area (Å²) in [4.78, 5) is 34.6. The normalized spacial score (nSPS) is 10.7. The fourth-order valence-electron chi connectivity index (χ4n) is 3.61. The molecule has 0 aliphatic carbocycles. The number of rotatable bonds is 12. The number of methoxy groups -OCH3 is 2. The summed E-state index contributed by atoms with van der Waals surface area (Å²) in [5, 5.41) is 7.07. The molecule has 0 fully saturated rings. The largest absolute Gasteiger partial charge is 0.496 e. The van der Waals surface area contributed by atoms with E-state index in [1.165, 1.54) is 23.5 Å². The molecule has 8 nitrogen and oxygen atoms in total. The van der Waals surface area contributed by atoms with Crippen molar-refractivity contribution in [3.8, 4) is 11.5 Å². The van der Waals surface area contributed by atoms with Crippen molar-refractivity contribution in [2.24, 2.45) is 0 Å². The molecule has 0 saturated carbocycles. The second kappa shape index (κ2) is 13.7. The van der Waals surface area contributed by atoms with Crippen LogP contribution >= 0.6 is 23.5 Å². The van der Waals surface area contributed by atoms with E-state index < -0.39 is 0 Å². The number of thioether (sulfide) groups is 2. The summed E-state index contributed by atoms with van der Waals surface area (Å²) in [6, 6.07) is 22.7. The first-order valence-electron chi connectivity index (χ1n) is 11.9. The van der Waals surface area contributed by atoms with Crippen LogP contribution in [0.5, 0.6) is 11.5 Å². The van der Waals surface area contributed by atoms with Crippen LogP contribution in [-0.4, -0.2) is 47.5 Å². The molecule has 1 heterocycles. The van der Waals surface area contributed by atoms with Crippen LogP contribution in [0.4, 0.5) is 0 Å². The van der Waals surface area contributed by atoms with E-state index in [-0.39, 0.29) is 23.3 Å². The van der Waals surface area contributed by atoms with Gasteiger partial charge in [-0.2, -0.15) is 0 Å². The van der Waals surface area contributed by atoms with E-state index in [4.69, 9.17) is 19.4 Å². The van der Waals surface area contributed by atoms with Gasteiger partial charge in [-0.3, -0.25) is 9.59 Å². The van der Waals surface area contributed by atoms with Crippen molar-refractivity contribution in [2.75, 3.05) is 25.7 Å². The predicted octanol–water partition coefficient (Wildman–Crippen LogP) is 4.46. The molecule has 0 bridgehead atoms. The first-order valence-corrected chi connectivity index (χ1v) is 13.8. The Labute approximate surface area is 229 Å². The maximum atomic E-state index is 12.6. The SMILES string of the molecule is COc1ccccc1CNC(=O)CSc1nc2ccccc2nc1SCC(=O)NCc1ccccc1OC. The van der Waals surface area contributed by atoms with Gasteiger partial charge in [0, 0.05) is 24.2 Å². The van der Waals surface area contributed by atoms with Crippen molar-refractivity contribution in [3.05, 3.63) is 83.9 Å². The molecule has 0 spiro atoms. The standard InChI is InChI=1S/C28H28N4O4S2/c1-35-23-13-7-3-9-19(23)15-29-25(33)17-37-27-28(32-22-12-6-5-11-21(22)31-27)38-18-26(34)30-16-20-10-4-8-14-24(20)36-2/h3-14H,15-18H2,1-2H3,(H,29,33)(H,30,34). The molecule has 0 aliphatic heterocycles. The molecular weight excluding hydrogens is 520 g/mol.